The molecular formula is C35H66O6. The van der Waals surface area contributed by atoms with Crippen LogP contribution in [0.2, 0.25) is 0 Å². The van der Waals surface area contributed by atoms with Crippen molar-refractivity contribution in [3.05, 3.63) is 0 Å². The fraction of sp³-hybridized carbons (Fsp3) is 0.914. The summed E-state index contributed by atoms with van der Waals surface area (Å²) in [6.45, 7) is 13.3. The molecule has 0 aliphatic carbocycles. The third-order valence-corrected chi connectivity index (χ3v) is 7.68. The Morgan fingerprint density at radius 1 is 0.512 bits per heavy atom. The average Bonchev–Trinajstić information content (AvgIpc) is 2.92. The summed E-state index contributed by atoms with van der Waals surface area (Å²) in [6, 6.07) is 0. The van der Waals surface area contributed by atoms with E-state index in [4.69, 9.17) is 14.2 Å². The van der Waals surface area contributed by atoms with Gasteiger partial charge in [0.25, 0.3) is 0 Å². The predicted octanol–water partition coefficient (Wildman–Crippen LogP) is 10.0. The van der Waals surface area contributed by atoms with Gasteiger partial charge in [0.2, 0.25) is 0 Å². The second-order valence-corrected chi connectivity index (χ2v) is 12.7. The van der Waals surface area contributed by atoms with Crippen LogP contribution in [-0.4, -0.2) is 36.7 Å². The Morgan fingerprint density at radius 3 is 1.54 bits per heavy atom. The molecule has 0 fully saturated rings. The first-order chi connectivity index (χ1) is 19.7. The molecule has 6 nitrogen and oxygen atoms in total. The molecule has 0 aromatic heterocycles. The van der Waals surface area contributed by atoms with Gasteiger partial charge in [0.1, 0.15) is 12.2 Å². The number of ether oxygens (including phenoxy) is 3. The molecule has 6 heteroatoms. The molecule has 41 heavy (non-hydrogen) atoms. The van der Waals surface area contributed by atoms with Gasteiger partial charge in [-0.1, -0.05) is 99.3 Å². The van der Waals surface area contributed by atoms with Crippen LogP contribution in [0.3, 0.4) is 0 Å². The maximum absolute atomic E-state index is 12.4. The normalized spacial score (nSPS) is 13.0. The zero-order chi connectivity index (χ0) is 30.8. The molecule has 0 heterocycles. The van der Waals surface area contributed by atoms with Crippen LogP contribution in [0.4, 0.5) is 0 Å². The highest BCUT2D eigenvalue weighted by molar-refractivity contribution is 5.70. The van der Waals surface area contributed by atoms with Crippen molar-refractivity contribution in [2.45, 2.75) is 195 Å². The smallest absolute Gasteiger partial charge is 0.306 e. The maximum Gasteiger partial charge on any atom is 0.306 e. The van der Waals surface area contributed by atoms with E-state index in [1.54, 1.807) is 0 Å². The lowest BCUT2D eigenvalue weighted by Crippen LogP contribution is -2.23. The van der Waals surface area contributed by atoms with Crippen molar-refractivity contribution >= 4 is 17.9 Å². The van der Waals surface area contributed by atoms with Crippen LogP contribution in [0, 0.1) is 5.41 Å². The highest BCUT2D eigenvalue weighted by Gasteiger charge is 2.21. The number of hydrogen-bond acceptors (Lipinski definition) is 6. The Hall–Kier alpha value is -1.59. The van der Waals surface area contributed by atoms with E-state index in [1.165, 1.54) is 12.8 Å². The van der Waals surface area contributed by atoms with Crippen molar-refractivity contribution in [3.8, 4) is 0 Å². The standard InChI is InChI=1S/C35H66O6/c1-7-11-13-18-22-31(41-34(38)25-17-12-8-2)27-26-30(40-33(37)21-9-3)23-19-15-14-16-20-24-32(36)39-29-35(5,6)28-10-4/h30-31H,7-29H2,1-6H3. The molecule has 0 radical (unpaired) electrons. The van der Waals surface area contributed by atoms with Gasteiger partial charge in [-0.05, 0) is 69.6 Å². The lowest BCUT2D eigenvalue weighted by molar-refractivity contribution is -0.154. The number of carbonyl (C=O) groups is 3. The van der Waals surface area contributed by atoms with Gasteiger partial charge in [-0.2, -0.15) is 0 Å². The van der Waals surface area contributed by atoms with Crippen molar-refractivity contribution in [2.24, 2.45) is 5.41 Å². The highest BCUT2D eigenvalue weighted by Crippen LogP contribution is 2.23. The Balaban J connectivity index is 4.60. The minimum absolute atomic E-state index is 0.0485. The quantitative estimate of drug-likeness (QED) is 0.0519. The van der Waals surface area contributed by atoms with Gasteiger partial charge in [-0.15, -0.1) is 0 Å². The summed E-state index contributed by atoms with van der Waals surface area (Å²) in [5.74, 6) is -0.311. The van der Waals surface area contributed by atoms with Gasteiger partial charge >= 0.3 is 17.9 Å². The summed E-state index contributed by atoms with van der Waals surface area (Å²) < 4.78 is 17.2. The first kappa shape index (κ1) is 39.4. The van der Waals surface area contributed by atoms with E-state index in [1.807, 2.05) is 6.92 Å². The van der Waals surface area contributed by atoms with Gasteiger partial charge in [-0.25, -0.2) is 0 Å². The second-order valence-electron chi connectivity index (χ2n) is 12.7. The van der Waals surface area contributed by atoms with E-state index in [2.05, 4.69) is 34.6 Å². The van der Waals surface area contributed by atoms with Crippen LogP contribution >= 0.6 is 0 Å². The zero-order valence-corrected chi connectivity index (χ0v) is 27.9. The van der Waals surface area contributed by atoms with E-state index in [9.17, 15) is 14.4 Å². The monoisotopic (exact) mass is 582 g/mol. The lowest BCUT2D eigenvalue weighted by atomic mass is 9.89. The molecule has 2 atom stereocenters. The fourth-order valence-electron chi connectivity index (χ4n) is 5.18. The minimum atomic E-state index is -0.132. The molecule has 0 spiro atoms. The molecule has 242 valence electrons. The van der Waals surface area contributed by atoms with E-state index in [0.717, 1.165) is 109 Å². The summed E-state index contributed by atoms with van der Waals surface area (Å²) in [5.41, 5.74) is 0.0485. The molecular weight excluding hydrogens is 516 g/mol. The van der Waals surface area contributed by atoms with Crippen LogP contribution in [0.5, 0.6) is 0 Å². The summed E-state index contributed by atoms with van der Waals surface area (Å²) in [6.07, 6.45) is 19.9. The molecule has 0 aromatic rings. The fourth-order valence-corrected chi connectivity index (χ4v) is 5.18. The van der Waals surface area contributed by atoms with E-state index in [-0.39, 0.29) is 35.5 Å². The van der Waals surface area contributed by atoms with E-state index < -0.39 is 0 Å². The molecule has 0 aliphatic rings. The molecule has 0 amide bonds. The molecule has 0 rings (SSSR count). The minimum Gasteiger partial charge on any atom is -0.465 e. The number of unbranched alkanes of at least 4 members (excludes halogenated alkanes) is 9. The number of esters is 3. The molecule has 2 unspecified atom stereocenters. The van der Waals surface area contributed by atoms with Gasteiger partial charge in [0.05, 0.1) is 6.61 Å². The van der Waals surface area contributed by atoms with Crippen LogP contribution in [-0.2, 0) is 28.6 Å². The molecule has 0 aromatic carbocycles. The van der Waals surface area contributed by atoms with Crippen molar-refractivity contribution in [1.29, 1.82) is 0 Å². The van der Waals surface area contributed by atoms with Gasteiger partial charge in [-0.3, -0.25) is 14.4 Å². The van der Waals surface area contributed by atoms with Crippen molar-refractivity contribution < 1.29 is 28.6 Å². The van der Waals surface area contributed by atoms with Crippen molar-refractivity contribution in [2.75, 3.05) is 6.61 Å². The largest absolute Gasteiger partial charge is 0.465 e. The lowest BCUT2D eigenvalue weighted by Gasteiger charge is -2.23. The second kappa shape index (κ2) is 26.1. The molecule has 0 N–H and O–H groups in total. The first-order valence-electron chi connectivity index (χ1n) is 17.2. The number of rotatable bonds is 28. The van der Waals surface area contributed by atoms with Gasteiger partial charge < -0.3 is 14.2 Å². The first-order valence-corrected chi connectivity index (χ1v) is 17.2. The highest BCUT2D eigenvalue weighted by atomic mass is 16.6. The summed E-state index contributed by atoms with van der Waals surface area (Å²) in [7, 11) is 0. The van der Waals surface area contributed by atoms with E-state index >= 15 is 0 Å². The molecule has 0 saturated carbocycles. The number of carbonyl (C=O) groups excluding carboxylic acids is 3. The Morgan fingerprint density at radius 2 is 0.976 bits per heavy atom. The van der Waals surface area contributed by atoms with Gasteiger partial charge in [0.15, 0.2) is 0 Å². The van der Waals surface area contributed by atoms with Crippen molar-refractivity contribution in [3.63, 3.8) is 0 Å². The Kier molecular flexibility index (Phi) is 25.1. The van der Waals surface area contributed by atoms with Crippen LogP contribution in [0.1, 0.15) is 183 Å². The summed E-state index contributed by atoms with van der Waals surface area (Å²) in [4.78, 5) is 36.8. The predicted molar refractivity (Wildman–Crippen MR) is 169 cm³/mol. The number of hydrogen-bond donors (Lipinski definition) is 0. The third-order valence-electron chi connectivity index (χ3n) is 7.68. The topological polar surface area (TPSA) is 78.9 Å². The Labute approximate surface area is 253 Å². The van der Waals surface area contributed by atoms with Crippen LogP contribution in [0.25, 0.3) is 0 Å². The third kappa shape index (κ3) is 24.7. The van der Waals surface area contributed by atoms with Crippen molar-refractivity contribution in [1.82, 2.24) is 0 Å². The molecule has 0 bridgehead atoms. The maximum atomic E-state index is 12.4. The average molecular weight is 583 g/mol. The summed E-state index contributed by atoms with van der Waals surface area (Å²) in [5, 5.41) is 0. The van der Waals surface area contributed by atoms with Gasteiger partial charge in [0, 0.05) is 19.3 Å². The SMILES string of the molecule is CCCCCCC(CCC(CCCCCCCC(=O)OCC(C)(C)CCC)OC(=O)CCC)OC(=O)CCCCC. The van der Waals surface area contributed by atoms with E-state index in [0.29, 0.717) is 25.9 Å². The van der Waals surface area contributed by atoms with Crippen LogP contribution in [0.15, 0.2) is 0 Å². The Bertz CT molecular complexity index is 659. The molecule has 0 aliphatic heterocycles. The zero-order valence-electron chi connectivity index (χ0n) is 27.9. The van der Waals surface area contributed by atoms with Crippen LogP contribution < -0.4 is 0 Å². The molecule has 0 saturated heterocycles. The summed E-state index contributed by atoms with van der Waals surface area (Å²) >= 11 is 0.